The minimum Gasteiger partial charge on any atom is -0.480 e. The van der Waals surface area contributed by atoms with E-state index in [-0.39, 0.29) is 30.3 Å². The molecule has 1 N–H and O–H groups in total. The number of hydrogen-bond donors (Lipinski definition) is 1. The van der Waals surface area contributed by atoms with E-state index in [1.54, 1.807) is 0 Å². The first-order chi connectivity index (χ1) is 10.0. The largest absolute Gasteiger partial charge is 0.480 e. The molecule has 1 unspecified atom stereocenters. The standard InChI is InChI=1S/C14H13ClFNO4/c15-10-2-1-3-11(16)9(10)4-5-13(18)17-6-7-21-8-12(17)14(19)20/h1-5,12H,6-8H2,(H,19,20). The van der Waals surface area contributed by atoms with Gasteiger partial charge in [0.15, 0.2) is 6.04 Å². The molecule has 0 aromatic heterocycles. The molecule has 1 saturated heterocycles. The van der Waals surface area contributed by atoms with Gasteiger partial charge in [-0.2, -0.15) is 0 Å². The van der Waals surface area contributed by atoms with Crippen molar-refractivity contribution in [2.24, 2.45) is 0 Å². The van der Waals surface area contributed by atoms with Crippen LogP contribution in [0.2, 0.25) is 5.02 Å². The summed E-state index contributed by atoms with van der Waals surface area (Å²) in [6.07, 6.45) is 2.36. The Morgan fingerprint density at radius 3 is 2.90 bits per heavy atom. The van der Waals surface area contributed by atoms with E-state index in [4.69, 9.17) is 21.4 Å². The number of nitrogens with zero attached hydrogens (tertiary/aromatic N) is 1. The highest BCUT2D eigenvalue weighted by molar-refractivity contribution is 6.32. The van der Waals surface area contributed by atoms with E-state index in [1.807, 2.05) is 0 Å². The number of hydrogen-bond acceptors (Lipinski definition) is 3. The number of aliphatic carboxylic acids is 1. The van der Waals surface area contributed by atoms with Crippen molar-refractivity contribution in [1.29, 1.82) is 0 Å². The van der Waals surface area contributed by atoms with Crippen molar-refractivity contribution in [3.05, 3.63) is 40.7 Å². The van der Waals surface area contributed by atoms with Crippen LogP contribution < -0.4 is 0 Å². The van der Waals surface area contributed by atoms with Gasteiger partial charge in [0.25, 0.3) is 0 Å². The van der Waals surface area contributed by atoms with E-state index in [0.717, 1.165) is 6.08 Å². The normalized spacial score (nSPS) is 19.0. The molecule has 1 aromatic rings. The fraction of sp³-hybridized carbons (Fsp3) is 0.286. The number of carbonyl (C=O) groups is 2. The number of amides is 1. The van der Waals surface area contributed by atoms with Gasteiger partial charge in [0.2, 0.25) is 5.91 Å². The summed E-state index contributed by atoms with van der Waals surface area (Å²) in [5.41, 5.74) is 0.0904. The Balaban J connectivity index is 2.16. The van der Waals surface area contributed by atoms with Gasteiger partial charge in [0.05, 0.1) is 18.2 Å². The van der Waals surface area contributed by atoms with Crippen LogP contribution in [0.15, 0.2) is 24.3 Å². The Kier molecular flexibility index (Phi) is 4.93. The second-order valence-corrected chi connectivity index (χ2v) is 4.84. The molecule has 0 saturated carbocycles. The summed E-state index contributed by atoms with van der Waals surface area (Å²) < 4.78 is 18.6. The number of ether oxygens (including phenoxy) is 1. The summed E-state index contributed by atoms with van der Waals surface area (Å²) in [5.74, 6) is -2.21. The number of carboxylic acids is 1. The van der Waals surface area contributed by atoms with Crippen LogP contribution in [-0.2, 0) is 14.3 Å². The van der Waals surface area contributed by atoms with Crippen molar-refractivity contribution in [2.45, 2.75) is 6.04 Å². The molecule has 0 bridgehead atoms. The molecular weight excluding hydrogens is 301 g/mol. The lowest BCUT2D eigenvalue weighted by Gasteiger charge is -2.32. The van der Waals surface area contributed by atoms with E-state index in [2.05, 4.69) is 0 Å². The van der Waals surface area contributed by atoms with Gasteiger partial charge in [-0.25, -0.2) is 9.18 Å². The lowest BCUT2D eigenvalue weighted by Crippen LogP contribution is -2.52. The SMILES string of the molecule is O=C(O)C1COCCN1C(=O)C=Cc1c(F)cccc1Cl. The number of morpholine rings is 1. The Hall–Kier alpha value is -1.92. The molecule has 1 heterocycles. The summed E-state index contributed by atoms with van der Waals surface area (Å²) in [6, 6.07) is 3.15. The molecular formula is C14H13ClFNO4. The molecule has 2 rings (SSSR count). The highest BCUT2D eigenvalue weighted by Gasteiger charge is 2.31. The van der Waals surface area contributed by atoms with Crippen LogP contribution in [-0.4, -0.2) is 47.7 Å². The van der Waals surface area contributed by atoms with Crippen LogP contribution >= 0.6 is 11.6 Å². The van der Waals surface area contributed by atoms with Crippen molar-refractivity contribution in [1.82, 2.24) is 4.90 Å². The molecule has 1 fully saturated rings. The summed E-state index contributed by atoms with van der Waals surface area (Å²) in [5, 5.41) is 9.23. The van der Waals surface area contributed by atoms with Crippen LogP contribution in [0.5, 0.6) is 0 Å². The monoisotopic (exact) mass is 313 g/mol. The maximum absolute atomic E-state index is 13.6. The second kappa shape index (κ2) is 6.69. The summed E-state index contributed by atoms with van der Waals surface area (Å²) in [7, 11) is 0. The zero-order chi connectivity index (χ0) is 15.4. The van der Waals surface area contributed by atoms with Crippen molar-refractivity contribution in [3.8, 4) is 0 Å². The number of carboxylic acid groups (broad SMARTS) is 1. The third-order valence-corrected chi connectivity index (χ3v) is 3.42. The molecule has 1 aliphatic heterocycles. The van der Waals surface area contributed by atoms with E-state index < -0.39 is 23.7 Å². The molecule has 1 aliphatic rings. The molecule has 112 valence electrons. The highest BCUT2D eigenvalue weighted by atomic mass is 35.5. The summed E-state index contributed by atoms with van der Waals surface area (Å²) >= 11 is 5.85. The van der Waals surface area contributed by atoms with E-state index in [1.165, 1.54) is 29.2 Å². The maximum Gasteiger partial charge on any atom is 0.328 e. The topological polar surface area (TPSA) is 66.8 Å². The first-order valence-electron chi connectivity index (χ1n) is 6.24. The number of rotatable bonds is 3. The van der Waals surface area contributed by atoms with Gasteiger partial charge >= 0.3 is 5.97 Å². The highest BCUT2D eigenvalue weighted by Crippen LogP contribution is 2.20. The predicted octanol–water partition coefficient (Wildman–Crippen LogP) is 1.80. The predicted molar refractivity (Wildman–Crippen MR) is 74.4 cm³/mol. The molecule has 7 heteroatoms. The van der Waals surface area contributed by atoms with Crippen LogP contribution in [0.25, 0.3) is 6.08 Å². The molecule has 0 aliphatic carbocycles. The lowest BCUT2D eigenvalue weighted by atomic mass is 10.1. The van der Waals surface area contributed by atoms with E-state index in [0.29, 0.717) is 0 Å². The Morgan fingerprint density at radius 1 is 1.48 bits per heavy atom. The number of halogens is 2. The van der Waals surface area contributed by atoms with Crippen LogP contribution in [0.3, 0.4) is 0 Å². The molecule has 0 spiro atoms. The summed E-state index contributed by atoms with van der Waals surface area (Å²) in [6.45, 7) is 0.379. The van der Waals surface area contributed by atoms with Gasteiger partial charge < -0.3 is 14.7 Å². The molecule has 5 nitrogen and oxygen atoms in total. The van der Waals surface area contributed by atoms with Crippen molar-refractivity contribution >= 4 is 29.6 Å². The number of benzene rings is 1. The fourth-order valence-electron chi connectivity index (χ4n) is 1.99. The third kappa shape index (κ3) is 3.59. The second-order valence-electron chi connectivity index (χ2n) is 4.43. The van der Waals surface area contributed by atoms with Gasteiger partial charge in [-0.3, -0.25) is 4.79 Å². The van der Waals surface area contributed by atoms with Crippen LogP contribution in [0.4, 0.5) is 4.39 Å². The van der Waals surface area contributed by atoms with Crippen molar-refractivity contribution in [2.75, 3.05) is 19.8 Å². The van der Waals surface area contributed by atoms with Gasteiger partial charge in [-0.05, 0) is 18.2 Å². The van der Waals surface area contributed by atoms with Crippen molar-refractivity contribution in [3.63, 3.8) is 0 Å². The fourth-order valence-corrected chi connectivity index (χ4v) is 2.22. The third-order valence-electron chi connectivity index (χ3n) is 3.09. The van der Waals surface area contributed by atoms with E-state index in [9.17, 15) is 14.0 Å². The Bertz CT molecular complexity index is 570. The van der Waals surface area contributed by atoms with Gasteiger partial charge in [-0.1, -0.05) is 17.7 Å². The zero-order valence-corrected chi connectivity index (χ0v) is 11.7. The molecule has 1 aromatic carbocycles. The smallest absolute Gasteiger partial charge is 0.328 e. The first-order valence-corrected chi connectivity index (χ1v) is 6.61. The molecule has 1 atom stereocenters. The number of carbonyl (C=O) groups excluding carboxylic acids is 1. The molecule has 0 radical (unpaired) electrons. The first kappa shape index (κ1) is 15.5. The Labute approximate surface area is 125 Å². The van der Waals surface area contributed by atoms with Gasteiger partial charge in [0, 0.05) is 18.2 Å². The minimum absolute atomic E-state index is 0.0602. The minimum atomic E-state index is -1.14. The zero-order valence-electron chi connectivity index (χ0n) is 11.0. The van der Waals surface area contributed by atoms with Crippen LogP contribution in [0, 0.1) is 5.82 Å². The average molecular weight is 314 g/mol. The summed E-state index contributed by atoms with van der Waals surface area (Å²) in [4.78, 5) is 24.3. The quantitative estimate of drug-likeness (QED) is 0.864. The lowest BCUT2D eigenvalue weighted by molar-refractivity contribution is -0.156. The van der Waals surface area contributed by atoms with Crippen molar-refractivity contribution < 1.29 is 23.8 Å². The van der Waals surface area contributed by atoms with Gasteiger partial charge in [-0.15, -0.1) is 0 Å². The molecule has 21 heavy (non-hydrogen) atoms. The average Bonchev–Trinajstić information content (AvgIpc) is 2.46. The Morgan fingerprint density at radius 2 is 2.24 bits per heavy atom. The molecule has 1 amide bonds. The van der Waals surface area contributed by atoms with Gasteiger partial charge in [0.1, 0.15) is 5.82 Å². The van der Waals surface area contributed by atoms with E-state index >= 15 is 0 Å². The maximum atomic E-state index is 13.6. The van der Waals surface area contributed by atoms with Crippen LogP contribution in [0.1, 0.15) is 5.56 Å².